The van der Waals surface area contributed by atoms with Crippen LogP contribution >= 0.6 is 0 Å². The first-order valence-corrected chi connectivity index (χ1v) is 5.90. The third kappa shape index (κ3) is 5.52. The zero-order chi connectivity index (χ0) is 12.2. The summed E-state index contributed by atoms with van der Waals surface area (Å²) in [7, 11) is 1.50. The summed E-state index contributed by atoms with van der Waals surface area (Å²) in [5, 5.41) is 2.62. The van der Waals surface area contributed by atoms with Crippen molar-refractivity contribution >= 4 is 10.8 Å². The molecule has 0 aromatic heterocycles. The first-order chi connectivity index (χ1) is 7.88. The van der Waals surface area contributed by atoms with Crippen LogP contribution in [-0.4, -0.2) is 7.05 Å². The quantitative estimate of drug-likeness (QED) is 0.760. The van der Waals surface area contributed by atoms with Gasteiger partial charge in [-0.15, -0.1) is 0 Å². The molecule has 0 heterocycles. The van der Waals surface area contributed by atoms with Crippen molar-refractivity contribution in [3.8, 4) is 0 Å². The van der Waals surface area contributed by atoms with Gasteiger partial charge in [0, 0.05) is 0 Å². The highest BCUT2D eigenvalue weighted by atomic mass is 14.4. The average molecular weight is 217 g/mol. The lowest BCUT2D eigenvalue weighted by atomic mass is 10.1. The van der Waals surface area contributed by atoms with Gasteiger partial charge < -0.3 is 5.73 Å². The van der Waals surface area contributed by atoms with E-state index < -0.39 is 0 Å². The molecule has 0 unspecified atom stereocenters. The van der Waals surface area contributed by atoms with E-state index in [1.54, 1.807) is 0 Å². The number of nitrogens with two attached hydrogens (primary N) is 1. The van der Waals surface area contributed by atoms with Gasteiger partial charge in [0.25, 0.3) is 0 Å². The number of rotatable bonds is 1. The third-order valence-electron chi connectivity index (χ3n) is 2.16. The molecule has 0 atom stereocenters. The monoisotopic (exact) mass is 217 g/mol. The van der Waals surface area contributed by atoms with E-state index >= 15 is 0 Å². The molecule has 0 amide bonds. The van der Waals surface area contributed by atoms with Gasteiger partial charge in [-0.25, -0.2) is 0 Å². The highest BCUT2D eigenvalue weighted by molar-refractivity contribution is 5.81. The summed E-state index contributed by atoms with van der Waals surface area (Å²) in [4.78, 5) is 0. The lowest BCUT2D eigenvalue weighted by Crippen LogP contribution is -1.69. The maximum absolute atomic E-state index is 4.50. The van der Waals surface area contributed by atoms with Crippen molar-refractivity contribution in [2.24, 2.45) is 5.73 Å². The van der Waals surface area contributed by atoms with Crippen LogP contribution in [0.1, 0.15) is 26.7 Å². The highest BCUT2D eigenvalue weighted by Crippen LogP contribution is 2.11. The van der Waals surface area contributed by atoms with Crippen LogP contribution in [0.4, 0.5) is 0 Å². The second-order valence-electron chi connectivity index (χ2n) is 3.35. The van der Waals surface area contributed by atoms with E-state index in [0.717, 1.165) is 0 Å². The minimum atomic E-state index is 1.31. The predicted molar refractivity (Wildman–Crippen MR) is 74.6 cm³/mol. The molecule has 2 N–H and O–H groups in total. The van der Waals surface area contributed by atoms with Crippen LogP contribution in [0.2, 0.25) is 0 Å². The lowest BCUT2D eigenvalue weighted by Gasteiger charge is -1.92. The molecule has 0 saturated carbocycles. The Morgan fingerprint density at radius 2 is 0.938 bits per heavy atom. The minimum Gasteiger partial charge on any atom is -0.333 e. The number of hydrogen-bond donors (Lipinski definition) is 1. The molecule has 0 aliphatic carbocycles. The standard InChI is InChI=1S/C10H8.C4H10.CH5N/c1-2-6-10-8-4-3-7-9(10)5-1;1-3-4-2;1-2/h1-8H;3-4H2,1-2H3;2H2,1H3. The number of benzene rings is 2. The van der Waals surface area contributed by atoms with E-state index in [1.165, 1.54) is 30.7 Å². The smallest absolute Gasteiger partial charge is 0.0184 e. The average Bonchev–Trinajstić information content (AvgIpc) is 2.41. The minimum absolute atomic E-state index is 1.31. The van der Waals surface area contributed by atoms with Gasteiger partial charge in [0.2, 0.25) is 0 Å². The van der Waals surface area contributed by atoms with E-state index in [0.29, 0.717) is 0 Å². The van der Waals surface area contributed by atoms with Crippen molar-refractivity contribution in [1.82, 2.24) is 0 Å². The first-order valence-electron chi connectivity index (χ1n) is 5.90. The molecular weight excluding hydrogens is 194 g/mol. The second-order valence-corrected chi connectivity index (χ2v) is 3.35. The van der Waals surface area contributed by atoms with E-state index in [1.807, 2.05) is 0 Å². The normalized spacial score (nSPS) is 8.50. The van der Waals surface area contributed by atoms with Crippen LogP contribution in [0.25, 0.3) is 10.8 Å². The van der Waals surface area contributed by atoms with Gasteiger partial charge in [0.1, 0.15) is 0 Å². The predicted octanol–water partition coefficient (Wildman–Crippen LogP) is 4.22. The largest absolute Gasteiger partial charge is 0.333 e. The van der Waals surface area contributed by atoms with Crippen LogP contribution in [0.15, 0.2) is 48.5 Å². The summed E-state index contributed by atoms with van der Waals surface area (Å²) in [5.74, 6) is 0. The van der Waals surface area contributed by atoms with Gasteiger partial charge in [-0.2, -0.15) is 0 Å². The van der Waals surface area contributed by atoms with Gasteiger partial charge in [-0.3, -0.25) is 0 Å². The molecule has 1 nitrogen and oxygen atoms in total. The molecule has 88 valence electrons. The summed E-state index contributed by atoms with van der Waals surface area (Å²) in [6.45, 7) is 4.36. The van der Waals surface area contributed by atoms with Gasteiger partial charge in [0.15, 0.2) is 0 Å². The number of hydrogen-bond acceptors (Lipinski definition) is 1. The Morgan fingerprint density at radius 3 is 1.12 bits per heavy atom. The second kappa shape index (κ2) is 10.2. The van der Waals surface area contributed by atoms with E-state index in [4.69, 9.17) is 0 Å². The Morgan fingerprint density at radius 1 is 0.688 bits per heavy atom. The van der Waals surface area contributed by atoms with Crippen molar-refractivity contribution in [3.63, 3.8) is 0 Å². The molecule has 0 bridgehead atoms. The molecule has 2 aromatic carbocycles. The van der Waals surface area contributed by atoms with Crippen LogP contribution in [0.5, 0.6) is 0 Å². The van der Waals surface area contributed by atoms with Crippen molar-refractivity contribution in [3.05, 3.63) is 48.5 Å². The third-order valence-corrected chi connectivity index (χ3v) is 2.16. The van der Waals surface area contributed by atoms with Gasteiger partial charge in [-0.05, 0) is 17.8 Å². The van der Waals surface area contributed by atoms with Crippen LogP contribution in [0, 0.1) is 0 Å². The summed E-state index contributed by atoms with van der Waals surface area (Å²) >= 11 is 0. The van der Waals surface area contributed by atoms with Crippen LogP contribution in [0.3, 0.4) is 0 Å². The van der Waals surface area contributed by atoms with Gasteiger partial charge >= 0.3 is 0 Å². The Kier molecular flexibility index (Phi) is 9.33. The Hall–Kier alpha value is -1.34. The van der Waals surface area contributed by atoms with E-state index in [9.17, 15) is 0 Å². The van der Waals surface area contributed by atoms with Crippen LogP contribution in [-0.2, 0) is 0 Å². The molecule has 16 heavy (non-hydrogen) atoms. The van der Waals surface area contributed by atoms with Gasteiger partial charge in [0.05, 0.1) is 0 Å². The summed E-state index contributed by atoms with van der Waals surface area (Å²) in [5.41, 5.74) is 4.50. The fourth-order valence-corrected chi connectivity index (χ4v) is 1.13. The maximum Gasteiger partial charge on any atom is -0.0184 e. The Bertz CT molecular complexity index is 301. The summed E-state index contributed by atoms with van der Waals surface area (Å²) in [6.07, 6.45) is 2.64. The summed E-state index contributed by atoms with van der Waals surface area (Å²) in [6, 6.07) is 16.7. The molecule has 0 spiro atoms. The SMILES string of the molecule is CCCC.CN.c1ccc2ccccc2c1. The number of fused-ring (bicyclic) bond motifs is 1. The zero-order valence-corrected chi connectivity index (χ0v) is 10.6. The molecule has 0 saturated heterocycles. The zero-order valence-electron chi connectivity index (χ0n) is 10.6. The molecule has 2 aromatic rings. The molecule has 1 heteroatoms. The fourth-order valence-electron chi connectivity index (χ4n) is 1.13. The summed E-state index contributed by atoms with van der Waals surface area (Å²) < 4.78 is 0. The molecule has 0 aliphatic heterocycles. The van der Waals surface area contributed by atoms with Gasteiger partial charge in [-0.1, -0.05) is 75.2 Å². The number of unbranched alkanes of at least 4 members (excludes halogenated alkanes) is 1. The topological polar surface area (TPSA) is 26.0 Å². The highest BCUT2D eigenvalue weighted by Gasteiger charge is 1.85. The molecule has 0 fully saturated rings. The van der Waals surface area contributed by atoms with Crippen molar-refractivity contribution < 1.29 is 0 Å². The Labute approximate surface area is 99.3 Å². The molecular formula is C15H23N. The first kappa shape index (κ1) is 14.7. The van der Waals surface area contributed by atoms with Crippen molar-refractivity contribution in [2.45, 2.75) is 26.7 Å². The van der Waals surface area contributed by atoms with Crippen LogP contribution < -0.4 is 5.73 Å². The molecule has 0 radical (unpaired) electrons. The van der Waals surface area contributed by atoms with Crippen molar-refractivity contribution in [1.29, 1.82) is 0 Å². The van der Waals surface area contributed by atoms with Crippen molar-refractivity contribution in [2.75, 3.05) is 7.05 Å². The lowest BCUT2D eigenvalue weighted by molar-refractivity contribution is 0.886. The molecule has 0 aliphatic rings. The Balaban J connectivity index is 0.000000323. The van der Waals surface area contributed by atoms with E-state index in [2.05, 4.69) is 68.1 Å². The maximum atomic E-state index is 4.50. The fraction of sp³-hybridized carbons (Fsp3) is 0.333. The molecule has 2 rings (SSSR count). The van der Waals surface area contributed by atoms with E-state index in [-0.39, 0.29) is 0 Å².